The van der Waals surface area contributed by atoms with Gasteiger partial charge < -0.3 is 14.4 Å². The number of methoxy groups -OCH3 is 1. The van der Waals surface area contributed by atoms with Crippen LogP contribution in [0.5, 0.6) is 5.75 Å². The maximum Gasteiger partial charge on any atom is 0.148 e. The van der Waals surface area contributed by atoms with Gasteiger partial charge in [0.2, 0.25) is 0 Å². The number of anilines is 1. The Balaban J connectivity index is 1.75. The molecule has 8 nitrogen and oxygen atoms in total. The lowest BCUT2D eigenvalue weighted by atomic mass is 9.99. The van der Waals surface area contributed by atoms with Crippen molar-refractivity contribution in [3.05, 3.63) is 59.5 Å². The highest BCUT2D eigenvalue weighted by molar-refractivity contribution is 7.98. The van der Waals surface area contributed by atoms with Crippen LogP contribution < -0.4 is 9.64 Å². The molecule has 4 heterocycles. The summed E-state index contributed by atoms with van der Waals surface area (Å²) >= 11 is 1.46. The monoisotopic (exact) mass is 458 g/mol. The third-order valence-electron chi connectivity index (χ3n) is 5.17. The molecule has 1 fully saturated rings. The summed E-state index contributed by atoms with van der Waals surface area (Å²) < 4.78 is 10.6. The summed E-state index contributed by atoms with van der Waals surface area (Å²) in [5.74, 6) is 1.81. The van der Waals surface area contributed by atoms with Crippen LogP contribution in [0.15, 0.2) is 47.9 Å². The van der Waals surface area contributed by atoms with Crippen molar-refractivity contribution in [2.24, 2.45) is 0 Å². The fraction of sp³-hybridized carbons (Fsp3) is 0.292. The average Bonchev–Trinajstić information content (AvgIpc) is 2.82. The molecule has 0 saturated carbocycles. The van der Waals surface area contributed by atoms with Crippen molar-refractivity contribution in [3.8, 4) is 29.1 Å². The first-order chi connectivity index (χ1) is 16.2. The molecular weight excluding hydrogens is 436 g/mol. The fourth-order valence-electron chi connectivity index (χ4n) is 3.37. The maximum atomic E-state index is 10.1. The number of thioether (sulfide) groups is 1. The van der Waals surface area contributed by atoms with Crippen molar-refractivity contribution in [1.29, 1.82) is 10.5 Å². The molecule has 0 atom stereocenters. The number of pyridine rings is 3. The summed E-state index contributed by atoms with van der Waals surface area (Å²) in [6.45, 7) is 2.55. The van der Waals surface area contributed by atoms with Crippen LogP contribution in [-0.4, -0.2) is 48.4 Å². The number of rotatable bonds is 9. The third-order valence-corrected chi connectivity index (χ3v) is 6.22. The molecule has 0 aromatic carbocycles. The van der Waals surface area contributed by atoms with Gasteiger partial charge >= 0.3 is 0 Å². The third kappa shape index (κ3) is 5.06. The van der Waals surface area contributed by atoms with E-state index in [1.54, 1.807) is 37.8 Å². The summed E-state index contributed by atoms with van der Waals surface area (Å²) in [6.07, 6.45) is 6.17. The summed E-state index contributed by atoms with van der Waals surface area (Å²) in [6, 6.07) is 12.0. The molecule has 0 radical (unpaired) electrons. The predicted octanol–water partition coefficient (Wildman–Crippen LogP) is 3.81. The molecule has 166 valence electrons. The molecule has 33 heavy (non-hydrogen) atoms. The van der Waals surface area contributed by atoms with Gasteiger partial charge in [0.05, 0.1) is 24.1 Å². The van der Waals surface area contributed by atoms with Crippen LogP contribution in [0.2, 0.25) is 0 Å². The molecule has 9 heteroatoms. The van der Waals surface area contributed by atoms with E-state index in [-0.39, 0.29) is 0 Å². The van der Waals surface area contributed by atoms with E-state index in [1.165, 1.54) is 11.8 Å². The Labute approximate surface area is 196 Å². The molecule has 0 spiro atoms. The van der Waals surface area contributed by atoms with E-state index in [1.807, 2.05) is 12.1 Å². The number of aromatic nitrogens is 3. The Morgan fingerprint density at radius 2 is 1.94 bits per heavy atom. The Hall–Kier alpha value is -3.66. The Morgan fingerprint density at radius 1 is 1.09 bits per heavy atom. The van der Waals surface area contributed by atoms with E-state index < -0.39 is 0 Å². The maximum absolute atomic E-state index is 10.1. The van der Waals surface area contributed by atoms with Gasteiger partial charge in [-0.3, -0.25) is 9.97 Å². The molecule has 3 aromatic heterocycles. The quantitative estimate of drug-likeness (QED) is 0.349. The Bertz CT molecular complexity index is 1180. The molecule has 0 bridgehead atoms. The summed E-state index contributed by atoms with van der Waals surface area (Å²) in [4.78, 5) is 15.5. The number of hydrogen-bond donors (Lipinski definition) is 0. The zero-order valence-corrected chi connectivity index (χ0v) is 19.0. The normalized spacial score (nSPS) is 12.5. The van der Waals surface area contributed by atoms with Crippen LogP contribution in [0, 0.1) is 22.7 Å². The SMILES string of the molecule is COCCOc1ccc(-c2c(C#N)c(SCc3cccnc3)nc(N3CCC3)c2C#N)nc1. The highest BCUT2D eigenvalue weighted by Gasteiger charge is 2.27. The summed E-state index contributed by atoms with van der Waals surface area (Å²) in [5.41, 5.74) is 2.80. The highest BCUT2D eigenvalue weighted by atomic mass is 32.2. The Morgan fingerprint density at radius 3 is 2.55 bits per heavy atom. The lowest BCUT2D eigenvalue weighted by molar-refractivity contribution is 0.146. The predicted molar refractivity (Wildman–Crippen MR) is 125 cm³/mol. The number of ether oxygens (including phenoxy) is 2. The molecule has 1 aliphatic heterocycles. The summed E-state index contributed by atoms with van der Waals surface area (Å²) in [7, 11) is 1.61. The van der Waals surface area contributed by atoms with E-state index in [2.05, 4.69) is 27.0 Å². The molecular formula is C24H22N6O2S. The second kappa shape index (κ2) is 10.8. The zero-order chi connectivity index (χ0) is 23.0. The second-order valence-corrected chi connectivity index (χ2v) is 8.26. The fourth-order valence-corrected chi connectivity index (χ4v) is 4.29. The van der Waals surface area contributed by atoms with Gasteiger partial charge in [0.25, 0.3) is 0 Å². The van der Waals surface area contributed by atoms with Crippen LogP contribution >= 0.6 is 11.8 Å². The highest BCUT2D eigenvalue weighted by Crippen LogP contribution is 2.39. The van der Waals surface area contributed by atoms with Gasteiger partial charge in [-0.05, 0) is 30.2 Å². The van der Waals surface area contributed by atoms with Gasteiger partial charge in [0.1, 0.15) is 40.9 Å². The van der Waals surface area contributed by atoms with Crippen LogP contribution in [0.3, 0.4) is 0 Å². The minimum Gasteiger partial charge on any atom is -0.490 e. The lowest BCUT2D eigenvalue weighted by Crippen LogP contribution is -2.38. The van der Waals surface area contributed by atoms with E-state index >= 15 is 0 Å². The molecule has 0 unspecified atom stereocenters. The average molecular weight is 459 g/mol. The van der Waals surface area contributed by atoms with Crippen molar-refractivity contribution in [1.82, 2.24) is 15.0 Å². The van der Waals surface area contributed by atoms with Crippen molar-refractivity contribution in [2.75, 3.05) is 38.3 Å². The van der Waals surface area contributed by atoms with Crippen molar-refractivity contribution < 1.29 is 9.47 Å². The van der Waals surface area contributed by atoms with Gasteiger partial charge in [-0.25, -0.2) is 4.98 Å². The molecule has 0 amide bonds. The topological polar surface area (TPSA) is 108 Å². The molecule has 1 saturated heterocycles. The smallest absolute Gasteiger partial charge is 0.148 e. The Kier molecular flexibility index (Phi) is 7.36. The van der Waals surface area contributed by atoms with Crippen LogP contribution in [0.1, 0.15) is 23.1 Å². The van der Waals surface area contributed by atoms with Gasteiger partial charge in [0.15, 0.2) is 0 Å². The summed E-state index contributed by atoms with van der Waals surface area (Å²) in [5, 5.41) is 20.7. The van der Waals surface area contributed by atoms with Crippen molar-refractivity contribution in [3.63, 3.8) is 0 Å². The van der Waals surface area contributed by atoms with Crippen LogP contribution in [0.4, 0.5) is 5.82 Å². The molecule has 0 N–H and O–H groups in total. The first kappa shape index (κ1) is 22.5. The van der Waals surface area contributed by atoms with Gasteiger partial charge in [-0.2, -0.15) is 10.5 Å². The zero-order valence-electron chi connectivity index (χ0n) is 18.2. The standard InChI is InChI=1S/C24H22N6O2S/c1-31-10-11-32-18-5-6-21(28-15-18)22-19(12-25)23(30-8-3-9-30)29-24(20(22)13-26)33-16-17-4-2-7-27-14-17/h2,4-7,14-15H,3,8-11,16H2,1H3. The second-order valence-electron chi connectivity index (χ2n) is 7.30. The largest absolute Gasteiger partial charge is 0.490 e. The lowest BCUT2D eigenvalue weighted by Gasteiger charge is -2.33. The number of nitriles is 2. The van der Waals surface area contributed by atoms with E-state index in [4.69, 9.17) is 14.5 Å². The first-order valence-electron chi connectivity index (χ1n) is 10.5. The minimum absolute atomic E-state index is 0.352. The number of hydrogen-bond acceptors (Lipinski definition) is 9. The van der Waals surface area contributed by atoms with E-state index in [0.29, 0.717) is 57.9 Å². The molecule has 4 rings (SSSR count). The minimum atomic E-state index is 0.352. The van der Waals surface area contributed by atoms with Crippen molar-refractivity contribution in [2.45, 2.75) is 17.2 Å². The first-order valence-corrected chi connectivity index (χ1v) is 11.5. The molecule has 0 aliphatic carbocycles. The van der Waals surface area contributed by atoms with E-state index in [0.717, 1.165) is 25.1 Å². The van der Waals surface area contributed by atoms with Gasteiger partial charge in [0, 0.05) is 43.9 Å². The van der Waals surface area contributed by atoms with Crippen molar-refractivity contribution >= 4 is 17.6 Å². The van der Waals surface area contributed by atoms with Crippen LogP contribution in [0.25, 0.3) is 11.3 Å². The molecule has 1 aliphatic rings. The van der Waals surface area contributed by atoms with Gasteiger partial charge in [-0.1, -0.05) is 6.07 Å². The molecule has 3 aromatic rings. The van der Waals surface area contributed by atoms with E-state index in [9.17, 15) is 10.5 Å². The van der Waals surface area contributed by atoms with Gasteiger partial charge in [-0.15, -0.1) is 11.8 Å². The van der Waals surface area contributed by atoms with Crippen LogP contribution in [-0.2, 0) is 10.5 Å². The number of nitrogens with zero attached hydrogens (tertiary/aromatic N) is 6.